The highest BCUT2D eigenvalue weighted by Crippen LogP contribution is 2.17. The minimum absolute atomic E-state index is 0.0664. The van der Waals surface area contributed by atoms with E-state index in [0.717, 1.165) is 83.5 Å². The number of hydrogen-bond acceptors (Lipinski definition) is 5. The Morgan fingerprint density at radius 3 is 0.956 bits per heavy atom. The minimum atomic E-state index is -0.776. The molecule has 392 valence electrons. The second kappa shape index (κ2) is 58.4. The molecule has 0 bridgehead atoms. The molecule has 0 radical (unpaired) electrons. The van der Waals surface area contributed by atoms with Crippen LogP contribution in [0.5, 0.6) is 0 Å². The number of carbonyl (C=O) groups is 2. The van der Waals surface area contributed by atoms with Crippen molar-refractivity contribution < 1.29 is 24.2 Å². The zero-order chi connectivity index (χ0) is 49.2. The van der Waals surface area contributed by atoms with E-state index in [9.17, 15) is 14.7 Å². The Hall–Kier alpha value is -2.92. The van der Waals surface area contributed by atoms with Gasteiger partial charge >= 0.3 is 11.9 Å². The third-order valence-electron chi connectivity index (χ3n) is 12.7. The Labute approximate surface area is 422 Å². The number of allylic oxidation sites excluding steroid dienone is 14. The van der Waals surface area contributed by atoms with Crippen molar-refractivity contribution in [1.82, 2.24) is 0 Å². The molecule has 5 heteroatoms. The molecule has 5 nitrogen and oxygen atoms in total. The third kappa shape index (κ3) is 55.7. The molecule has 0 aliphatic carbocycles. The first-order chi connectivity index (χ1) is 33.6. The number of unbranched alkanes of at least 4 members (excludes halogenated alkanes) is 31. The standard InChI is InChI=1S/C63H110O5/c1-3-5-7-9-11-13-15-17-19-21-23-25-26-27-28-29-30-31-32-33-34-35-36-38-40-42-44-46-48-50-52-54-56-58-63(66)68-61(59-64)60-67-62(65)57-55-53-51-49-47-45-43-41-39-37-24-22-20-18-16-14-12-10-8-6-4-2/h5,7,11,13,17,19,23,25,27-28,30-31,33-34,61,64H,3-4,6,8-10,12,14-16,18,20-22,24,26,29,32,35-60H2,1-2H3/b7-5-,13-11-,19-17-,25-23-,28-27-,31-30-,34-33-. The topological polar surface area (TPSA) is 72.8 Å². The van der Waals surface area contributed by atoms with Crippen LogP contribution in [0.2, 0.25) is 0 Å². The average Bonchev–Trinajstić information content (AvgIpc) is 3.34. The van der Waals surface area contributed by atoms with Gasteiger partial charge in [-0.3, -0.25) is 9.59 Å². The van der Waals surface area contributed by atoms with Crippen molar-refractivity contribution in [3.63, 3.8) is 0 Å². The molecule has 0 saturated heterocycles. The van der Waals surface area contributed by atoms with Gasteiger partial charge in [-0.1, -0.05) is 285 Å². The second-order valence-electron chi connectivity index (χ2n) is 19.3. The van der Waals surface area contributed by atoms with E-state index in [0.29, 0.717) is 12.8 Å². The fraction of sp³-hybridized carbons (Fsp3) is 0.746. The Balaban J connectivity index is 3.51. The highest BCUT2D eigenvalue weighted by Gasteiger charge is 2.16. The summed E-state index contributed by atoms with van der Waals surface area (Å²) in [4.78, 5) is 24.5. The van der Waals surface area contributed by atoms with E-state index in [1.54, 1.807) is 0 Å². The van der Waals surface area contributed by atoms with Gasteiger partial charge in [0.05, 0.1) is 6.61 Å². The monoisotopic (exact) mass is 947 g/mol. The lowest BCUT2D eigenvalue weighted by Gasteiger charge is -2.15. The van der Waals surface area contributed by atoms with Gasteiger partial charge in [0, 0.05) is 12.8 Å². The van der Waals surface area contributed by atoms with Gasteiger partial charge in [-0.05, 0) is 70.6 Å². The fourth-order valence-electron chi connectivity index (χ4n) is 8.36. The molecular weight excluding hydrogens is 837 g/mol. The first kappa shape index (κ1) is 65.1. The van der Waals surface area contributed by atoms with Crippen LogP contribution in [0, 0.1) is 0 Å². The van der Waals surface area contributed by atoms with Gasteiger partial charge in [0.1, 0.15) is 6.61 Å². The lowest BCUT2D eigenvalue weighted by Crippen LogP contribution is -2.28. The summed E-state index contributed by atoms with van der Waals surface area (Å²) < 4.78 is 10.7. The lowest BCUT2D eigenvalue weighted by molar-refractivity contribution is -0.161. The Kier molecular flexibility index (Phi) is 55.9. The van der Waals surface area contributed by atoms with Crippen LogP contribution in [0.15, 0.2) is 85.1 Å². The quantitative estimate of drug-likeness (QED) is 0.0374. The number of carbonyl (C=O) groups excluding carboxylic acids is 2. The number of rotatable bonds is 53. The molecule has 1 unspecified atom stereocenters. The lowest BCUT2D eigenvalue weighted by atomic mass is 10.0. The van der Waals surface area contributed by atoms with Crippen LogP contribution in [-0.4, -0.2) is 36.4 Å². The first-order valence-corrected chi connectivity index (χ1v) is 29.1. The summed E-state index contributed by atoms with van der Waals surface area (Å²) >= 11 is 0. The normalized spacial score (nSPS) is 12.8. The van der Waals surface area contributed by atoms with E-state index in [1.807, 2.05) is 0 Å². The van der Waals surface area contributed by atoms with Crippen molar-refractivity contribution in [1.29, 1.82) is 0 Å². The van der Waals surface area contributed by atoms with E-state index in [4.69, 9.17) is 9.47 Å². The molecule has 68 heavy (non-hydrogen) atoms. The van der Waals surface area contributed by atoms with E-state index >= 15 is 0 Å². The van der Waals surface area contributed by atoms with Crippen LogP contribution < -0.4 is 0 Å². The first-order valence-electron chi connectivity index (χ1n) is 29.1. The van der Waals surface area contributed by atoms with Crippen LogP contribution in [0.4, 0.5) is 0 Å². The van der Waals surface area contributed by atoms with Crippen LogP contribution in [0.1, 0.15) is 284 Å². The maximum Gasteiger partial charge on any atom is 0.306 e. The zero-order valence-electron chi connectivity index (χ0n) is 44.9. The predicted molar refractivity (Wildman–Crippen MR) is 297 cm³/mol. The summed E-state index contributed by atoms with van der Waals surface area (Å²) in [5, 5.41) is 9.66. The molecule has 0 aliphatic heterocycles. The van der Waals surface area contributed by atoms with E-state index in [2.05, 4.69) is 98.9 Å². The molecule has 0 rings (SSSR count). The van der Waals surface area contributed by atoms with Crippen molar-refractivity contribution in [2.45, 2.75) is 290 Å². The molecule has 0 heterocycles. The number of ether oxygens (including phenoxy) is 2. The smallest absolute Gasteiger partial charge is 0.306 e. The Morgan fingerprint density at radius 2 is 0.632 bits per heavy atom. The average molecular weight is 948 g/mol. The van der Waals surface area contributed by atoms with Gasteiger partial charge in [0.25, 0.3) is 0 Å². The van der Waals surface area contributed by atoms with Crippen molar-refractivity contribution in [2.24, 2.45) is 0 Å². The fourth-order valence-corrected chi connectivity index (χ4v) is 8.36. The van der Waals surface area contributed by atoms with Crippen LogP contribution in [-0.2, 0) is 19.1 Å². The van der Waals surface area contributed by atoms with Crippen molar-refractivity contribution in [3.05, 3.63) is 85.1 Å². The summed E-state index contributed by atoms with van der Waals surface area (Å²) in [5.74, 6) is -0.585. The van der Waals surface area contributed by atoms with Crippen molar-refractivity contribution in [3.8, 4) is 0 Å². The summed E-state index contributed by atoms with van der Waals surface area (Å²) in [6, 6.07) is 0. The Morgan fingerprint density at radius 1 is 0.353 bits per heavy atom. The number of hydrogen-bond donors (Lipinski definition) is 1. The van der Waals surface area contributed by atoms with Crippen LogP contribution in [0.3, 0.4) is 0 Å². The molecule has 0 aromatic carbocycles. The number of esters is 2. The van der Waals surface area contributed by atoms with E-state index in [-0.39, 0.29) is 25.2 Å². The zero-order valence-corrected chi connectivity index (χ0v) is 44.9. The van der Waals surface area contributed by atoms with Gasteiger partial charge in [0.15, 0.2) is 6.10 Å². The van der Waals surface area contributed by atoms with E-state index in [1.165, 1.54) is 173 Å². The highest BCUT2D eigenvalue weighted by molar-refractivity contribution is 5.70. The minimum Gasteiger partial charge on any atom is -0.462 e. The molecule has 0 spiro atoms. The van der Waals surface area contributed by atoms with E-state index < -0.39 is 6.10 Å². The molecular formula is C63H110O5. The maximum absolute atomic E-state index is 12.3. The van der Waals surface area contributed by atoms with Gasteiger partial charge in [-0.2, -0.15) is 0 Å². The summed E-state index contributed by atoms with van der Waals surface area (Å²) in [6.45, 7) is 4.06. The number of aliphatic hydroxyl groups is 1. The number of aliphatic hydroxyl groups excluding tert-OH is 1. The highest BCUT2D eigenvalue weighted by atomic mass is 16.6. The molecule has 0 saturated carbocycles. The third-order valence-corrected chi connectivity index (χ3v) is 12.7. The van der Waals surface area contributed by atoms with Crippen LogP contribution >= 0.6 is 0 Å². The summed E-state index contributed by atoms with van der Waals surface area (Å²) in [6.07, 6.45) is 81.3. The molecule has 1 atom stereocenters. The van der Waals surface area contributed by atoms with Crippen molar-refractivity contribution in [2.75, 3.05) is 13.2 Å². The largest absolute Gasteiger partial charge is 0.462 e. The summed E-state index contributed by atoms with van der Waals surface area (Å²) in [5.41, 5.74) is 0. The Bertz CT molecular complexity index is 1250. The van der Waals surface area contributed by atoms with Gasteiger partial charge in [0.2, 0.25) is 0 Å². The summed E-state index contributed by atoms with van der Waals surface area (Å²) in [7, 11) is 0. The van der Waals surface area contributed by atoms with Crippen molar-refractivity contribution >= 4 is 11.9 Å². The van der Waals surface area contributed by atoms with Gasteiger partial charge in [-0.15, -0.1) is 0 Å². The molecule has 0 amide bonds. The molecule has 1 N–H and O–H groups in total. The predicted octanol–water partition coefficient (Wildman–Crippen LogP) is 19.8. The molecule has 0 aromatic heterocycles. The van der Waals surface area contributed by atoms with Gasteiger partial charge < -0.3 is 14.6 Å². The molecule has 0 aromatic rings. The van der Waals surface area contributed by atoms with Crippen LogP contribution in [0.25, 0.3) is 0 Å². The van der Waals surface area contributed by atoms with Gasteiger partial charge in [-0.25, -0.2) is 0 Å². The molecule has 0 aliphatic rings. The second-order valence-corrected chi connectivity index (χ2v) is 19.3. The molecule has 0 fully saturated rings. The maximum atomic E-state index is 12.3. The SMILES string of the molecule is CC/C=C\C/C=C\C/C=C\C/C=C\C/C=C\C/C=C\C/C=C\CCCCCCCCCCCCCC(=O)OC(CO)COC(=O)CCCCCCCCCCCCCCCCCCCCCCC.